The van der Waals surface area contributed by atoms with Crippen LogP contribution in [0.2, 0.25) is 18.1 Å². The fourth-order valence-electron chi connectivity index (χ4n) is 3.85. The van der Waals surface area contributed by atoms with Crippen LogP contribution < -0.4 is 5.32 Å². The lowest BCUT2D eigenvalue weighted by Gasteiger charge is -2.39. The molecule has 2 fully saturated rings. The Morgan fingerprint density at radius 2 is 1.74 bits per heavy atom. The maximum Gasteiger partial charge on any atom is 0.411 e. The molecule has 2 rings (SSSR count). The molecule has 0 radical (unpaired) electrons. The van der Waals surface area contributed by atoms with Gasteiger partial charge in [-0.05, 0) is 52.8 Å². The van der Waals surface area contributed by atoms with Gasteiger partial charge in [0.15, 0.2) is 14.1 Å². The first kappa shape index (κ1) is 28.1. The molecule has 4 atom stereocenters. The monoisotopic (exact) mass is 492 g/mol. The molecule has 10 heteroatoms. The summed E-state index contributed by atoms with van der Waals surface area (Å²) in [5.41, 5.74) is -0.479. The minimum Gasteiger partial charge on any atom is -0.444 e. The second-order valence-corrected chi connectivity index (χ2v) is 16.6. The smallest absolute Gasteiger partial charge is 0.411 e. The summed E-state index contributed by atoms with van der Waals surface area (Å²) in [6, 6.07) is 2.88. The molecular weight excluding hydrogens is 452 g/mol. The van der Waals surface area contributed by atoms with Gasteiger partial charge in [0.2, 0.25) is 0 Å². The second kappa shape index (κ2) is 9.86. The predicted molar refractivity (Wildman–Crippen MR) is 130 cm³/mol. The fraction of sp³-hybridized carbons (Fsp3) is 0.792. The van der Waals surface area contributed by atoms with Gasteiger partial charge in [-0.25, -0.2) is 4.79 Å². The van der Waals surface area contributed by atoms with E-state index in [1.54, 1.807) is 20.8 Å². The largest absolute Gasteiger partial charge is 0.444 e. The van der Waals surface area contributed by atoms with Gasteiger partial charge in [-0.3, -0.25) is 4.90 Å². The van der Waals surface area contributed by atoms with E-state index in [-0.39, 0.29) is 23.8 Å². The van der Waals surface area contributed by atoms with Crippen molar-refractivity contribution in [2.24, 2.45) is 0 Å². The summed E-state index contributed by atoms with van der Waals surface area (Å²) < 4.78 is 24.7. The van der Waals surface area contributed by atoms with Crippen LogP contribution in [0.25, 0.3) is 0 Å². The van der Waals surface area contributed by atoms with E-state index in [9.17, 15) is 10.1 Å². The van der Waals surface area contributed by atoms with Crippen LogP contribution in [0, 0.1) is 22.7 Å². The van der Waals surface area contributed by atoms with Crippen LogP contribution in [0.5, 0.6) is 0 Å². The summed E-state index contributed by atoms with van der Waals surface area (Å²) in [6.45, 7) is 20.0. The lowest BCUT2D eigenvalue weighted by molar-refractivity contribution is -0.166. The zero-order chi connectivity index (χ0) is 26.1. The molecule has 0 aromatic rings. The number of hydrogen-bond donors (Lipinski definition) is 1. The Morgan fingerprint density at radius 1 is 1.15 bits per heavy atom. The zero-order valence-corrected chi connectivity index (χ0v) is 23.2. The highest BCUT2D eigenvalue weighted by Gasteiger charge is 2.61. The van der Waals surface area contributed by atoms with Gasteiger partial charge >= 0.3 is 6.09 Å². The van der Waals surface area contributed by atoms with E-state index in [0.29, 0.717) is 0 Å². The third kappa shape index (κ3) is 6.31. The van der Waals surface area contributed by atoms with Crippen LogP contribution in [-0.2, 0) is 18.6 Å². The summed E-state index contributed by atoms with van der Waals surface area (Å²) in [5, 5.41) is 21.7. The molecule has 0 bridgehead atoms. The standard InChI is InChI=1S/C24H40N4O5Si/c1-22(2,3)33-21(29)28-17(15-30-34(9,10)23(4,5)6)19-20(32-24(7,8)31-19)18(28)16(13-26)14-27-12-11-25/h14,17-20,27H,12,15H2,1-10H3/t17-,18+,19-,20+/m1/s1. The van der Waals surface area contributed by atoms with E-state index in [4.69, 9.17) is 23.9 Å². The average molecular weight is 493 g/mol. The van der Waals surface area contributed by atoms with Crippen molar-refractivity contribution in [1.29, 1.82) is 10.5 Å². The van der Waals surface area contributed by atoms with Gasteiger partial charge in [-0.2, -0.15) is 10.5 Å². The number of nitriles is 2. The van der Waals surface area contributed by atoms with Gasteiger partial charge in [0, 0.05) is 6.20 Å². The zero-order valence-electron chi connectivity index (χ0n) is 22.2. The maximum absolute atomic E-state index is 13.5. The van der Waals surface area contributed by atoms with E-state index >= 15 is 0 Å². The van der Waals surface area contributed by atoms with E-state index in [0.717, 1.165) is 0 Å². The number of rotatable bonds is 6. The van der Waals surface area contributed by atoms with Crippen LogP contribution in [0.4, 0.5) is 4.79 Å². The molecule has 0 aromatic heterocycles. The lowest BCUT2D eigenvalue weighted by atomic mass is 10.0. The molecule has 1 N–H and O–H groups in total. The van der Waals surface area contributed by atoms with E-state index in [1.807, 2.05) is 19.9 Å². The van der Waals surface area contributed by atoms with Crippen molar-refractivity contribution in [2.75, 3.05) is 13.2 Å². The molecule has 1 amide bonds. The first-order valence-electron chi connectivity index (χ1n) is 11.7. The highest BCUT2D eigenvalue weighted by Crippen LogP contribution is 2.44. The Hall–Kier alpha value is -2.11. The molecule has 190 valence electrons. The van der Waals surface area contributed by atoms with Crippen molar-refractivity contribution in [3.8, 4) is 12.1 Å². The van der Waals surface area contributed by atoms with Gasteiger partial charge in [-0.15, -0.1) is 0 Å². The molecule has 0 spiro atoms. The van der Waals surface area contributed by atoms with Gasteiger partial charge in [0.1, 0.15) is 30.4 Å². The molecular formula is C24H40N4O5Si. The topological polar surface area (TPSA) is 117 Å². The number of nitrogens with zero attached hydrogens (tertiary/aromatic N) is 3. The van der Waals surface area contributed by atoms with E-state index in [2.05, 4.69) is 45.3 Å². The number of hydrogen-bond acceptors (Lipinski definition) is 8. The van der Waals surface area contributed by atoms with Gasteiger partial charge in [-0.1, -0.05) is 20.8 Å². The number of nitrogens with one attached hydrogen (secondary N) is 1. The third-order valence-electron chi connectivity index (χ3n) is 6.42. The highest BCUT2D eigenvalue weighted by atomic mass is 28.4. The predicted octanol–water partition coefficient (Wildman–Crippen LogP) is 4.04. The molecule has 2 aliphatic rings. The number of amides is 1. The minimum atomic E-state index is -2.15. The van der Waals surface area contributed by atoms with Crippen molar-refractivity contribution < 1.29 is 23.4 Å². The Labute approximate surface area is 205 Å². The molecule has 0 saturated carbocycles. The summed E-state index contributed by atoms with van der Waals surface area (Å²) in [4.78, 5) is 15.0. The SMILES string of the molecule is CC(C)(C)OC(=O)N1[C@H](CO[Si](C)(C)C(C)(C)C)[C@H]2OC(C)(C)O[C@H]2[C@@H]1C(C#N)=CNCC#N. The molecule has 2 aliphatic heterocycles. The van der Waals surface area contributed by atoms with Crippen molar-refractivity contribution >= 4 is 14.4 Å². The Bertz CT molecular complexity index is 876. The molecule has 0 aliphatic carbocycles. The van der Waals surface area contributed by atoms with E-state index in [1.165, 1.54) is 11.1 Å². The van der Waals surface area contributed by atoms with Crippen molar-refractivity contribution in [2.45, 2.75) is 109 Å². The van der Waals surface area contributed by atoms with Crippen LogP contribution >= 0.6 is 0 Å². The average Bonchev–Trinajstić information content (AvgIpc) is 3.12. The molecule has 9 nitrogen and oxygen atoms in total. The van der Waals surface area contributed by atoms with E-state index < -0.39 is 50.1 Å². The molecule has 2 heterocycles. The highest BCUT2D eigenvalue weighted by molar-refractivity contribution is 6.74. The Morgan fingerprint density at radius 3 is 2.24 bits per heavy atom. The molecule has 0 unspecified atom stereocenters. The number of ether oxygens (including phenoxy) is 3. The first-order chi connectivity index (χ1) is 15.4. The van der Waals surface area contributed by atoms with Crippen molar-refractivity contribution in [3.63, 3.8) is 0 Å². The van der Waals surface area contributed by atoms with Crippen molar-refractivity contribution in [3.05, 3.63) is 11.8 Å². The minimum absolute atomic E-state index is 0.0214. The summed E-state index contributed by atoms with van der Waals surface area (Å²) in [5.74, 6) is -0.885. The molecule has 0 aromatic carbocycles. The number of likely N-dealkylation sites (tertiary alicyclic amines) is 1. The third-order valence-corrected chi connectivity index (χ3v) is 10.9. The number of carbonyl (C=O) groups excluding carboxylic acids is 1. The summed E-state index contributed by atoms with van der Waals surface area (Å²) >= 11 is 0. The summed E-state index contributed by atoms with van der Waals surface area (Å²) in [7, 11) is -2.15. The van der Waals surface area contributed by atoms with Crippen LogP contribution in [-0.4, -0.2) is 68.1 Å². The van der Waals surface area contributed by atoms with Crippen LogP contribution in [0.15, 0.2) is 11.8 Å². The van der Waals surface area contributed by atoms with Crippen LogP contribution in [0.1, 0.15) is 55.4 Å². The maximum atomic E-state index is 13.5. The lowest BCUT2D eigenvalue weighted by Crippen LogP contribution is -2.52. The molecule has 2 saturated heterocycles. The second-order valence-electron chi connectivity index (χ2n) is 11.8. The van der Waals surface area contributed by atoms with Gasteiger partial charge in [0.25, 0.3) is 0 Å². The Kier molecular flexibility index (Phi) is 8.16. The summed E-state index contributed by atoms with van der Waals surface area (Å²) in [6.07, 6.45) is -0.203. The quantitative estimate of drug-likeness (QED) is 0.256. The fourth-order valence-corrected chi connectivity index (χ4v) is 4.87. The normalized spacial score (nSPS) is 27.1. The van der Waals surface area contributed by atoms with Crippen molar-refractivity contribution in [1.82, 2.24) is 10.2 Å². The molecule has 34 heavy (non-hydrogen) atoms. The van der Waals surface area contributed by atoms with Crippen LogP contribution in [0.3, 0.4) is 0 Å². The van der Waals surface area contributed by atoms with Gasteiger partial charge in [0.05, 0.1) is 30.4 Å². The van der Waals surface area contributed by atoms with Gasteiger partial charge < -0.3 is 24.0 Å². The Balaban J connectivity index is 2.53. The first-order valence-corrected chi connectivity index (χ1v) is 14.6. The number of fused-ring (bicyclic) bond motifs is 1. The number of carbonyl (C=O) groups is 1.